The summed E-state index contributed by atoms with van der Waals surface area (Å²) in [5.74, 6) is -0.365. The zero-order valence-corrected chi connectivity index (χ0v) is 24.6. The molecule has 3 aromatic carbocycles. The predicted octanol–water partition coefficient (Wildman–Crippen LogP) is 6.00. The molecule has 0 unspecified atom stereocenters. The molecule has 0 fully saturated rings. The molecule has 4 aromatic heterocycles. The monoisotopic (exact) mass is 610 g/mol. The second kappa shape index (κ2) is 11.6. The molecule has 0 atom stereocenters. The highest BCUT2D eigenvalue weighted by Gasteiger charge is 2.19. The van der Waals surface area contributed by atoms with Crippen LogP contribution in [0.5, 0.6) is 5.88 Å². The lowest BCUT2D eigenvalue weighted by Crippen LogP contribution is -2.23. The Morgan fingerprint density at radius 3 is 2.46 bits per heavy atom. The molecule has 4 N–H and O–H groups in total. The smallest absolute Gasteiger partial charge is 0.251 e. The minimum atomic E-state index is -0.683. The Morgan fingerprint density at radius 1 is 0.935 bits per heavy atom. The number of nitrogens with two attached hydrogens (primary N) is 1. The molecule has 0 aliphatic heterocycles. The standard InChI is InChI=1S/C35H27FN8O2/c1-21-18-31(45)44(42-21)30-16-11-24(19-27(30)36)35(46)39-20-22-9-12-25(13-10-22)43-33(26-8-5-17-38-32(26)37)41-29-15-14-28(40-34(29)43)23-6-3-2-4-7-23/h2-19,45H,20H2,1H3,(H2,37,38)(H,39,46). The summed E-state index contributed by atoms with van der Waals surface area (Å²) in [5.41, 5.74) is 12.4. The van der Waals surface area contributed by atoms with Crippen LogP contribution in [0.4, 0.5) is 10.2 Å². The van der Waals surface area contributed by atoms with Gasteiger partial charge in [-0.3, -0.25) is 9.36 Å². The van der Waals surface area contributed by atoms with E-state index in [1.54, 1.807) is 13.1 Å². The van der Waals surface area contributed by atoms with Crippen LogP contribution in [0.15, 0.2) is 109 Å². The van der Waals surface area contributed by atoms with E-state index >= 15 is 0 Å². The summed E-state index contributed by atoms with van der Waals surface area (Å²) < 4.78 is 17.9. The van der Waals surface area contributed by atoms with Crippen molar-refractivity contribution in [2.24, 2.45) is 0 Å². The molecule has 11 heteroatoms. The average Bonchev–Trinajstić information content (AvgIpc) is 3.62. The average molecular weight is 611 g/mol. The second-order valence-corrected chi connectivity index (χ2v) is 10.7. The van der Waals surface area contributed by atoms with E-state index < -0.39 is 11.7 Å². The Bertz CT molecular complexity index is 2230. The minimum Gasteiger partial charge on any atom is -0.493 e. The second-order valence-electron chi connectivity index (χ2n) is 10.7. The Hall–Kier alpha value is -6.36. The maximum atomic E-state index is 14.9. The number of aromatic hydroxyl groups is 1. The molecule has 0 aliphatic rings. The lowest BCUT2D eigenvalue weighted by atomic mass is 10.1. The van der Waals surface area contributed by atoms with E-state index in [1.807, 2.05) is 83.4 Å². The molecule has 4 heterocycles. The van der Waals surface area contributed by atoms with Crippen molar-refractivity contribution >= 4 is 22.9 Å². The van der Waals surface area contributed by atoms with Crippen LogP contribution in [0, 0.1) is 12.7 Å². The Labute approximate surface area is 262 Å². The van der Waals surface area contributed by atoms with Crippen molar-refractivity contribution in [2.75, 3.05) is 5.73 Å². The maximum absolute atomic E-state index is 14.9. The van der Waals surface area contributed by atoms with Crippen LogP contribution in [0.1, 0.15) is 21.6 Å². The number of carbonyl (C=O) groups is 1. The Morgan fingerprint density at radius 2 is 1.74 bits per heavy atom. The van der Waals surface area contributed by atoms with E-state index in [9.17, 15) is 14.3 Å². The van der Waals surface area contributed by atoms with Crippen molar-refractivity contribution in [2.45, 2.75) is 13.5 Å². The van der Waals surface area contributed by atoms with Crippen molar-refractivity contribution in [3.8, 4) is 39.9 Å². The number of aromatic nitrogens is 6. The van der Waals surface area contributed by atoms with Gasteiger partial charge in [-0.2, -0.15) is 9.78 Å². The fourth-order valence-corrected chi connectivity index (χ4v) is 5.29. The van der Waals surface area contributed by atoms with Crippen molar-refractivity contribution in [3.63, 3.8) is 0 Å². The number of hydrogen-bond donors (Lipinski definition) is 3. The van der Waals surface area contributed by atoms with Gasteiger partial charge in [-0.05, 0) is 67.1 Å². The number of pyridine rings is 2. The number of benzene rings is 3. The van der Waals surface area contributed by atoms with Crippen molar-refractivity contribution in [3.05, 3.63) is 132 Å². The van der Waals surface area contributed by atoms with Gasteiger partial charge < -0.3 is 16.2 Å². The number of hydrogen-bond acceptors (Lipinski definition) is 7. The van der Waals surface area contributed by atoms with Gasteiger partial charge in [0.2, 0.25) is 5.88 Å². The molecule has 226 valence electrons. The number of nitrogens with one attached hydrogen (secondary N) is 1. The van der Waals surface area contributed by atoms with Crippen molar-refractivity contribution in [1.82, 2.24) is 34.6 Å². The van der Waals surface area contributed by atoms with Crippen LogP contribution in [0.3, 0.4) is 0 Å². The summed E-state index contributed by atoms with van der Waals surface area (Å²) in [6.45, 7) is 1.90. The molecule has 0 radical (unpaired) electrons. The van der Waals surface area contributed by atoms with Gasteiger partial charge in [0.1, 0.15) is 22.8 Å². The van der Waals surface area contributed by atoms with E-state index in [4.69, 9.17) is 15.7 Å². The zero-order chi connectivity index (χ0) is 31.8. The molecule has 0 aliphatic carbocycles. The number of fused-ring (bicyclic) bond motifs is 1. The van der Waals surface area contributed by atoms with E-state index in [0.29, 0.717) is 34.1 Å². The van der Waals surface area contributed by atoms with Crippen LogP contribution >= 0.6 is 0 Å². The molecule has 0 saturated carbocycles. The van der Waals surface area contributed by atoms with E-state index in [2.05, 4.69) is 15.4 Å². The Balaban J connectivity index is 1.16. The molecule has 0 spiro atoms. The highest BCUT2D eigenvalue weighted by molar-refractivity contribution is 5.94. The maximum Gasteiger partial charge on any atom is 0.251 e. The molecule has 0 bridgehead atoms. The zero-order valence-electron chi connectivity index (χ0n) is 24.6. The molecule has 7 rings (SSSR count). The number of imidazole rings is 1. The van der Waals surface area contributed by atoms with Gasteiger partial charge in [0.15, 0.2) is 11.5 Å². The lowest BCUT2D eigenvalue weighted by molar-refractivity contribution is 0.0950. The van der Waals surface area contributed by atoms with Crippen LogP contribution < -0.4 is 11.1 Å². The third kappa shape index (κ3) is 5.30. The van der Waals surface area contributed by atoms with Crippen LogP contribution in [-0.2, 0) is 6.54 Å². The van der Waals surface area contributed by atoms with Gasteiger partial charge >= 0.3 is 0 Å². The summed E-state index contributed by atoms with van der Waals surface area (Å²) in [7, 11) is 0. The first-order valence-corrected chi connectivity index (χ1v) is 14.4. The number of anilines is 1. The molecule has 7 aromatic rings. The highest BCUT2D eigenvalue weighted by atomic mass is 19.1. The van der Waals surface area contributed by atoms with Gasteiger partial charge in [0.05, 0.1) is 17.0 Å². The van der Waals surface area contributed by atoms with Crippen molar-refractivity contribution < 1.29 is 14.3 Å². The normalized spacial score (nSPS) is 11.2. The summed E-state index contributed by atoms with van der Waals surface area (Å²) >= 11 is 0. The fraction of sp³-hybridized carbons (Fsp3) is 0.0571. The topological polar surface area (TPSA) is 137 Å². The first kappa shape index (κ1) is 28.4. The molecule has 0 saturated heterocycles. The van der Waals surface area contributed by atoms with Gasteiger partial charge in [-0.25, -0.2) is 19.3 Å². The summed E-state index contributed by atoms with van der Waals surface area (Å²) in [5, 5.41) is 16.9. The molecule has 10 nitrogen and oxygen atoms in total. The number of halogens is 1. The lowest BCUT2D eigenvalue weighted by Gasteiger charge is -2.12. The van der Waals surface area contributed by atoms with E-state index in [1.165, 1.54) is 18.2 Å². The number of rotatable bonds is 7. The minimum absolute atomic E-state index is 0.0440. The number of nitrogen functional groups attached to an aromatic ring is 1. The van der Waals surface area contributed by atoms with Crippen LogP contribution in [0.2, 0.25) is 0 Å². The quantitative estimate of drug-likeness (QED) is 0.201. The summed E-state index contributed by atoms with van der Waals surface area (Å²) in [6, 6.07) is 30.5. The van der Waals surface area contributed by atoms with Gasteiger partial charge in [0.25, 0.3) is 5.91 Å². The summed E-state index contributed by atoms with van der Waals surface area (Å²) in [6.07, 6.45) is 1.63. The van der Waals surface area contributed by atoms with Crippen LogP contribution in [-0.4, -0.2) is 40.3 Å². The largest absolute Gasteiger partial charge is 0.493 e. The number of carbonyl (C=O) groups excluding carboxylic acids is 1. The van der Waals surface area contributed by atoms with Crippen molar-refractivity contribution in [1.29, 1.82) is 0 Å². The molecule has 46 heavy (non-hydrogen) atoms. The first-order valence-electron chi connectivity index (χ1n) is 14.4. The highest BCUT2D eigenvalue weighted by Crippen LogP contribution is 2.32. The number of nitrogens with zero attached hydrogens (tertiary/aromatic N) is 6. The third-order valence-corrected chi connectivity index (χ3v) is 7.55. The third-order valence-electron chi connectivity index (χ3n) is 7.55. The van der Waals surface area contributed by atoms with Gasteiger partial charge in [-0.15, -0.1) is 0 Å². The van der Waals surface area contributed by atoms with Gasteiger partial charge in [0, 0.05) is 35.6 Å². The predicted molar refractivity (Wildman–Crippen MR) is 173 cm³/mol. The SMILES string of the molecule is Cc1cc(O)n(-c2ccc(C(=O)NCc3ccc(-n4c(-c5cccnc5N)nc5ccc(-c6ccccc6)nc54)cc3)cc2F)n1. The number of amides is 1. The molecular formula is C35H27FN8O2. The molecule has 1 amide bonds. The van der Waals surface area contributed by atoms with Crippen LogP contribution in [0.25, 0.3) is 45.2 Å². The fourth-order valence-electron chi connectivity index (χ4n) is 5.29. The number of aryl methyl sites for hydroxylation is 1. The Kier molecular flexibility index (Phi) is 7.18. The first-order chi connectivity index (χ1) is 22.4. The summed E-state index contributed by atoms with van der Waals surface area (Å²) in [4.78, 5) is 27.0. The van der Waals surface area contributed by atoms with E-state index in [-0.39, 0.29) is 23.7 Å². The van der Waals surface area contributed by atoms with E-state index in [0.717, 1.165) is 33.3 Å². The molecular weight excluding hydrogens is 583 g/mol. The van der Waals surface area contributed by atoms with Gasteiger partial charge in [-0.1, -0.05) is 42.5 Å².